The Labute approximate surface area is 140 Å². The first kappa shape index (κ1) is 18.3. The molecule has 8 nitrogen and oxygen atoms in total. The maximum Gasteiger partial charge on any atom is 0.410 e. The average Bonchev–Trinajstić information content (AvgIpc) is 2.98. The van der Waals surface area contributed by atoms with Crippen LogP contribution in [0.3, 0.4) is 0 Å². The molecule has 0 radical (unpaired) electrons. The average molecular weight is 341 g/mol. The highest BCUT2D eigenvalue weighted by Gasteiger charge is 2.44. The van der Waals surface area contributed by atoms with Crippen molar-refractivity contribution in [2.75, 3.05) is 27.9 Å². The summed E-state index contributed by atoms with van der Waals surface area (Å²) in [6.07, 6.45) is 2.01. The molecule has 8 heteroatoms. The minimum atomic E-state index is -0.800. The van der Waals surface area contributed by atoms with E-state index in [4.69, 9.17) is 23.7 Å². The number of allylic oxidation sites excluding steroid dienone is 1. The largest absolute Gasteiger partial charge is 0.466 e. The van der Waals surface area contributed by atoms with Crippen LogP contribution in [0.2, 0.25) is 0 Å². The molecule has 1 amide bonds. The number of methoxy groups -OCH3 is 3. The number of hydrogen-bond acceptors (Lipinski definition) is 7. The highest BCUT2D eigenvalue weighted by Crippen LogP contribution is 2.43. The van der Waals surface area contributed by atoms with E-state index >= 15 is 0 Å². The second-order valence-electron chi connectivity index (χ2n) is 5.57. The van der Waals surface area contributed by atoms with E-state index < -0.39 is 24.6 Å². The molecule has 3 unspecified atom stereocenters. The molecule has 0 spiro atoms. The van der Waals surface area contributed by atoms with Gasteiger partial charge in [-0.25, -0.2) is 9.59 Å². The number of fused-ring (bicyclic) bond motifs is 1. The lowest BCUT2D eigenvalue weighted by molar-refractivity contribution is -0.142. The molecule has 3 atom stereocenters. The van der Waals surface area contributed by atoms with Crippen LogP contribution in [0.4, 0.5) is 4.79 Å². The fraction of sp³-hybridized carbons (Fsp3) is 0.625. The zero-order valence-electron chi connectivity index (χ0n) is 14.2. The van der Waals surface area contributed by atoms with Crippen LogP contribution in [0.25, 0.3) is 0 Å². The van der Waals surface area contributed by atoms with Crippen molar-refractivity contribution in [3.05, 3.63) is 23.5 Å². The first-order chi connectivity index (χ1) is 11.5. The van der Waals surface area contributed by atoms with E-state index in [0.29, 0.717) is 12.0 Å². The number of esters is 1. The summed E-state index contributed by atoms with van der Waals surface area (Å²) >= 11 is 0. The van der Waals surface area contributed by atoms with Crippen molar-refractivity contribution in [2.24, 2.45) is 11.8 Å². The third kappa shape index (κ3) is 3.88. The summed E-state index contributed by atoms with van der Waals surface area (Å²) in [5, 5.41) is 2.55. The second kappa shape index (κ2) is 8.16. The fourth-order valence-corrected chi connectivity index (χ4v) is 2.95. The van der Waals surface area contributed by atoms with Crippen LogP contribution in [0.15, 0.2) is 23.5 Å². The van der Waals surface area contributed by atoms with Gasteiger partial charge < -0.3 is 29.0 Å². The molecular formula is C16H23NO7. The molecule has 0 aromatic carbocycles. The molecule has 0 aromatic heterocycles. The molecule has 134 valence electrons. The summed E-state index contributed by atoms with van der Waals surface area (Å²) in [5.74, 6) is -0.760. The van der Waals surface area contributed by atoms with Crippen molar-refractivity contribution in [1.29, 1.82) is 0 Å². The predicted molar refractivity (Wildman–Crippen MR) is 82.6 cm³/mol. The topological polar surface area (TPSA) is 92.3 Å². The van der Waals surface area contributed by atoms with E-state index in [1.54, 1.807) is 0 Å². The van der Waals surface area contributed by atoms with Crippen LogP contribution in [0.5, 0.6) is 0 Å². The Bertz CT molecular complexity index is 539. The van der Waals surface area contributed by atoms with Crippen LogP contribution in [0.1, 0.15) is 13.3 Å². The zero-order chi connectivity index (χ0) is 17.7. The molecular weight excluding hydrogens is 318 g/mol. The molecule has 2 rings (SSSR count). The van der Waals surface area contributed by atoms with Crippen molar-refractivity contribution >= 4 is 12.1 Å². The number of carbonyl (C=O) groups excluding carboxylic acids is 2. The van der Waals surface area contributed by atoms with Crippen molar-refractivity contribution in [1.82, 2.24) is 5.32 Å². The summed E-state index contributed by atoms with van der Waals surface area (Å²) in [6, 6.07) is 0. The van der Waals surface area contributed by atoms with Gasteiger partial charge in [-0.2, -0.15) is 0 Å². The Hall–Kier alpha value is -2.06. The van der Waals surface area contributed by atoms with Gasteiger partial charge in [-0.1, -0.05) is 11.6 Å². The fourth-order valence-electron chi connectivity index (χ4n) is 2.95. The molecule has 1 N–H and O–H groups in total. The van der Waals surface area contributed by atoms with E-state index in [1.165, 1.54) is 27.6 Å². The summed E-state index contributed by atoms with van der Waals surface area (Å²) < 4.78 is 25.6. The summed E-state index contributed by atoms with van der Waals surface area (Å²) in [6.45, 7) is 2.07. The van der Waals surface area contributed by atoms with E-state index in [0.717, 1.165) is 5.57 Å². The first-order valence-electron chi connectivity index (χ1n) is 7.62. The number of amides is 1. The Kier molecular flexibility index (Phi) is 6.22. The molecule has 0 fully saturated rings. The molecule has 0 bridgehead atoms. The standard InChI is InChI=1S/C16H23NO7/c1-9-5-6-10-11(14(18)22-4)8-23-15(13(9)10)24-16(19)17-7-12(20-2)21-3/h5,8,10,12-13,15H,6-7H2,1-4H3,(H,17,19). The Morgan fingerprint density at radius 3 is 2.67 bits per heavy atom. The number of carbonyl (C=O) groups is 2. The van der Waals surface area contributed by atoms with Crippen LogP contribution in [0, 0.1) is 11.8 Å². The predicted octanol–water partition coefficient (Wildman–Crippen LogP) is 1.33. The van der Waals surface area contributed by atoms with Crippen LogP contribution >= 0.6 is 0 Å². The van der Waals surface area contributed by atoms with Crippen LogP contribution < -0.4 is 5.32 Å². The van der Waals surface area contributed by atoms with Gasteiger partial charge in [-0.15, -0.1) is 0 Å². The molecule has 0 saturated heterocycles. The maximum atomic E-state index is 12.0. The summed E-state index contributed by atoms with van der Waals surface area (Å²) in [4.78, 5) is 23.8. The Balaban J connectivity index is 2.00. The summed E-state index contributed by atoms with van der Waals surface area (Å²) in [5.41, 5.74) is 1.47. The maximum absolute atomic E-state index is 12.0. The third-order valence-corrected chi connectivity index (χ3v) is 4.26. The molecule has 24 heavy (non-hydrogen) atoms. The molecule has 1 heterocycles. The van der Waals surface area contributed by atoms with Gasteiger partial charge in [0.25, 0.3) is 6.29 Å². The highest BCUT2D eigenvalue weighted by molar-refractivity contribution is 5.89. The van der Waals surface area contributed by atoms with Gasteiger partial charge in [0.15, 0.2) is 6.29 Å². The van der Waals surface area contributed by atoms with Gasteiger partial charge in [-0.05, 0) is 13.3 Å². The number of hydrogen-bond donors (Lipinski definition) is 1. The van der Waals surface area contributed by atoms with Crippen LogP contribution in [-0.4, -0.2) is 52.5 Å². The van der Waals surface area contributed by atoms with Crippen molar-refractivity contribution in [3.63, 3.8) is 0 Å². The smallest absolute Gasteiger partial charge is 0.410 e. The lowest BCUT2D eigenvalue weighted by atomic mass is 9.84. The second-order valence-corrected chi connectivity index (χ2v) is 5.57. The van der Waals surface area contributed by atoms with E-state index in [-0.39, 0.29) is 18.4 Å². The van der Waals surface area contributed by atoms with Gasteiger partial charge in [0.1, 0.15) is 0 Å². The quantitative estimate of drug-likeness (QED) is 0.442. The van der Waals surface area contributed by atoms with Gasteiger partial charge in [0.05, 0.1) is 31.4 Å². The first-order valence-corrected chi connectivity index (χ1v) is 7.62. The molecule has 0 aromatic rings. The number of rotatable bonds is 6. The van der Waals surface area contributed by atoms with Crippen molar-refractivity contribution in [3.8, 4) is 0 Å². The van der Waals surface area contributed by atoms with Crippen molar-refractivity contribution < 1.29 is 33.3 Å². The molecule has 0 saturated carbocycles. The number of nitrogens with one attached hydrogen (secondary N) is 1. The van der Waals surface area contributed by atoms with Gasteiger partial charge in [-0.3, -0.25) is 0 Å². The van der Waals surface area contributed by atoms with E-state index in [9.17, 15) is 9.59 Å². The minimum Gasteiger partial charge on any atom is -0.466 e. The number of alkyl carbamates (subject to hydrolysis) is 1. The van der Waals surface area contributed by atoms with Crippen LogP contribution in [-0.2, 0) is 28.5 Å². The third-order valence-electron chi connectivity index (χ3n) is 4.26. The molecule has 1 aliphatic heterocycles. The van der Waals surface area contributed by atoms with Crippen molar-refractivity contribution in [2.45, 2.75) is 25.9 Å². The monoisotopic (exact) mass is 341 g/mol. The van der Waals surface area contributed by atoms with E-state index in [1.807, 2.05) is 13.0 Å². The van der Waals surface area contributed by atoms with Gasteiger partial charge >= 0.3 is 12.1 Å². The highest BCUT2D eigenvalue weighted by atomic mass is 16.7. The summed E-state index contributed by atoms with van der Waals surface area (Å²) in [7, 11) is 4.27. The lowest BCUT2D eigenvalue weighted by Gasteiger charge is -2.33. The van der Waals surface area contributed by atoms with Gasteiger partial charge in [0.2, 0.25) is 0 Å². The molecule has 2 aliphatic rings. The Morgan fingerprint density at radius 1 is 1.33 bits per heavy atom. The number of ether oxygens (including phenoxy) is 5. The lowest BCUT2D eigenvalue weighted by Crippen LogP contribution is -2.42. The normalized spacial score (nSPS) is 25.3. The van der Waals surface area contributed by atoms with E-state index in [2.05, 4.69) is 5.32 Å². The molecule has 1 aliphatic carbocycles. The van der Waals surface area contributed by atoms with Gasteiger partial charge in [0, 0.05) is 20.1 Å². The SMILES string of the molecule is COC(=O)C1=COC(OC(=O)NCC(OC)OC)C2C(C)=CCC12. The minimum absolute atomic E-state index is 0.116. The zero-order valence-corrected chi connectivity index (χ0v) is 14.2. The Morgan fingerprint density at radius 2 is 2.04 bits per heavy atom.